The summed E-state index contributed by atoms with van der Waals surface area (Å²) < 4.78 is 35.0. The average molecular weight is 312 g/mol. The largest absolute Gasteiger partial charge is 0.462 e. The molecule has 22 heavy (non-hydrogen) atoms. The van der Waals surface area contributed by atoms with Gasteiger partial charge in [-0.25, -0.2) is 8.78 Å². The van der Waals surface area contributed by atoms with Crippen LogP contribution in [-0.2, 0) is 9.47 Å². The molecule has 2 aliphatic carbocycles. The van der Waals surface area contributed by atoms with Crippen molar-refractivity contribution in [2.24, 2.45) is 22.9 Å². The first-order chi connectivity index (χ1) is 10.3. The number of halogens is 2. The quantitative estimate of drug-likeness (QED) is 0.554. The normalized spacial score (nSPS) is 25.5. The van der Waals surface area contributed by atoms with Crippen LogP contribution in [0.2, 0.25) is 0 Å². The van der Waals surface area contributed by atoms with Gasteiger partial charge in [0, 0.05) is 11.1 Å². The van der Waals surface area contributed by atoms with Crippen molar-refractivity contribution in [2.45, 2.75) is 11.3 Å². The molecular formula is C14H18F2N4O2. The minimum absolute atomic E-state index is 0.115. The summed E-state index contributed by atoms with van der Waals surface area (Å²) in [5.74, 6) is 0.231. The third kappa shape index (κ3) is 3.60. The molecule has 0 amide bonds. The number of ether oxygens (including phenoxy) is 2. The highest BCUT2D eigenvalue weighted by Crippen LogP contribution is 2.32. The van der Waals surface area contributed by atoms with Crippen molar-refractivity contribution >= 4 is 0 Å². The first-order valence-corrected chi connectivity index (χ1v) is 6.40. The maximum Gasteiger partial charge on any atom is 0.228 e. The Morgan fingerprint density at radius 3 is 1.45 bits per heavy atom. The van der Waals surface area contributed by atoms with Gasteiger partial charge in [-0.05, 0) is 24.3 Å². The second-order valence-electron chi connectivity index (χ2n) is 5.02. The van der Waals surface area contributed by atoms with E-state index in [-0.39, 0.29) is 11.5 Å². The SMILES string of the molecule is NC1(N)C=CC(=C2C=CC(N)(N)C=C2OCF)C(OCF)=C1. The predicted octanol–water partition coefficient (Wildman–Crippen LogP) is 0.305. The van der Waals surface area contributed by atoms with Crippen molar-refractivity contribution in [3.63, 3.8) is 0 Å². The van der Waals surface area contributed by atoms with Crippen LogP contribution in [-0.4, -0.2) is 25.0 Å². The molecule has 0 radical (unpaired) electrons. The van der Waals surface area contributed by atoms with Crippen LogP contribution in [0.25, 0.3) is 0 Å². The second kappa shape index (κ2) is 6.01. The van der Waals surface area contributed by atoms with E-state index in [1.807, 2.05) is 0 Å². The monoisotopic (exact) mass is 312 g/mol. The number of hydrogen-bond donors (Lipinski definition) is 4. The Kier molecular flexibility index (Phi) is 4.47. The van der Waals surface area contributed by atoms with Crippen molar-refractivity contribution < 1.29 is 18.3 Å². The Balaban J connectivity index is 2.51. The molecule has 0 aromatic heterocycles. The van der Waals surface area contributed by atoms with E-state index in [4.69, 9.17) is 32.4 Å². The summed E-state index contributed by atoms with van der Waals surface area (Å²) in [6, 6.07) is 0. The Labute approximate surface area is 126 Å². The molecule has 8 heteroatoms. The van der Waals surface area contributed by atoms with Gasteiger partial charge in [0.05, 0.1) is 0 Å². The molecule has 0 aromatic rings. The maximum atomic E-state index is 12.6. The van der Waals surface area contributed by atoms with E-state index in [1.165, 1.54) is 24.3 Å². The molecule has 8 N–H and O–H groups in total. The molecule has 0 bridgehead atoms. The molecule has 0 aliphatic heterocycles. The number of alkyl halides is 2. The lowest BCUT2D eigenvalue weighted by Crippen LogP contribution is -2.47. The summed E-state index contributed by atoms with van der Waals surface area (Å²) in [5, 5.41) is 0. The third-order valence-corrected chi connectivity index (χ3v) is 3.08. The standard InChI is InChI=1S/C14H18F2N4O2/c15-7-21-11-5-13(17,18)3-1-9(11)10-2-4-14(19,20)6-12(10)22-8-16/h1-6H,7-8,17-20H2. The smallest absolute Gasteiger partial charge is 0.228 e. The summed E-state index contributed by atoms with van der Waals surface area (Å²) in [7, 11) is 0. The first-order valence-electron chi connectivity index (χ1n) is 6.40. The van der Waals surface area contributed by atoms with Crippen molar-refractivity contribution in [1.29, 1.82) is 0 Å². The van der Waals surface area contributed by atoms with Gasteiger partial charge in [0.1, 0.15) is 22.8 Å². The highest BCUT2D eigenvalue weighted by Gasteiger charge is 2.27. The van der Waals surface area contributed by atoms with Gasteiger partial charge in [-0.2, -0.15) is 0 Å². The van der Waals surface area contributed by atoms with Crippen molar-refractivity contribution in [1.82, 2.24) is 0 Å². The van der Waals surface area contributed by atoms with Crippen LogP contribution in [0, 0.1) is 0 Å². The molecule has 120 valence electrons. The van der Waals surface area contributed by atoms with Gasteiger partial charge < -0.3 is 32.4 Å². The van der Waals surface area contributed by atoms with Crippen LogP contribution in [0.4, 0.5) is 8.78 Å². The number of nitrogens with two attached hydrogens (primary N) is 4. The Morgan fingerprint density at radius 1 is 0.773 bits per heavy atom. The van der Waals surface area contributed by atoms with E-state index < -0.39 is 25.0 Å². The topological polar surface area (TPSA) is 123 Å². The van der Waals surface area contributed by atoms with E-state index in [2.05, 4.69) is 0 Å². The lowest BCUT2D eigenvalue weighted by atomic mass is 9.91. The van der Waals surface area contributed by atoms with E-state index >= 15 is 0 Å². The van der Waals surface area contributed by atoms with E-state index in [0.29, 0.717) is 11.1 Å². The van der Waals surface area contributed by atoms with Crippen molar-refractivity contribution in [2.75, 3.05) is 13.7 Å². The zero-order valence-electron chi connectivity index (χ0n) is 11.8. The van der Waals surface area contributed by atoms with Crippen LogP contribution in [0.3, 0.4) is 0 Å². The number of allylic oxidation sites excluding steroid dienone is 2. The summed E-state index contributed by atoms with van der Waals surface area (Å²) in [6.45, 7) is -2.14. The van der Waals surface area contributed by atoms with Crippen molar-refractivity contribution in [3.8, 4) is 0 Å². The molecule has 6 nitrogen and oxygen atoms in total. The van der Waals surface area contributed by atoms with Crippen LogP contribution >= 0.6 is 0 Å². The van der Waals surface area contributed by atoms with Crippen LogP contribution < -0.4 is 22.9 Å². The molecule has 0 unspecified atom stereocenters. The highest BCUT2D eigenvalue weighted by atomic mass is 19.1. The Bertz CT molecular complexity index is 552. The molecule has 0 fully saturated rings. The van der Waals surface area contributed by atoms with Gasteiger partial charge in [-0.1, -0.05) is 12.2 Å². The summed E-state index contributed by atoms with van der Waals surface area (Å²) in [4.78, 5) is 0. The van der Waals surface area contributed by atoms with E-state index in [9.17, 15) is 8.78 Å². The van der Waals surface area contributed by atoms with Crippen LogP contribution in [0.5, 0.6) is 0 Å². The lowest BCUT2D eigenvalue weighted by Gasteiger charge is -2.27. The van der Waals surface area contributed by atoms with Crippen molar-refractivity contribution in [3.05, 3.63) is 59.1 Å². The van der Waals surface area contributed by atoms with Gasteiger partial charge in [0.15, 0.2) is 0 Å². The number of hydrogen-bond acceptors (Lipinski definition) is 6. The molecule has 0 spiro atoms. The van der Waals surface area contributed by atoms with Crippen LogP contribution in [0.1, 0.15) is 0 Å². The molecular weight excluding hydrogens is 294 g/mol. The van der Waals surface area contributed by atoms with E-state index in [0.717, 1.165) is 0 Å². The van der Waals surface area contributed by atoms with Gasteiger partial charge >= 0.3 is 0 Å². The van der Waals surface area contributed by atoms with Gasteiger partial charge in [0.25, 0.3) is 0 Å². The van der Waals surface area contributed by atoms with Gasteiger partial charge in [-0.3, -0.25) is 0 Å². The van der Waals surface area contributed by atoms with E-state index in [1.54, 1.807) is 12.2 Å². The second-order valence-corrected chi connectivity index (χ2v) is 5.02. The molecule has 0 aromatic carbocycles. The zero-order chi connectivity index (χ0) is 16.4. The summed E-state index contributed by atoms with van der Waals surface area (Å²) in [6.07, 6.45) is 8.77. The molecule has 0 saturated heterocycles. The zero-order valence-corrected chi connectivity index (χ0v) is 11.8. The average Bonchev–Trinajstić information content (AvgIpc) is 2.39. The fourth-order valence-corrected chi connectivity index (χ4v) is 2.13. The lowest BCUT2D eigenvalue weighted by molar-refractivity contribution is 0.114. The van der Waals surface area contributed by atoms with Gasteiger partial charge in [-0.15, -0.1) is 0 Å². The molecule has 2 aliphatic rings. The Hall–Kier alpha value is -2.00. The van der Waals surface area contributed by atoms with Gasteiger partial charge in [0.2, 0.25) is 13.7 Å². The minimum atomic E-state index is -1.27. The molecule has 0 heterocycles. The highest BCUT2D eigenvalue weighted by molar-refractivity contribution is 5.57. The summed E-state index contributed by atoms with van der Waals surface area (Å²) in [5.41, 5.74) is 21.3. The molecule has 2 rings (SSSR count). The minimum Gasteiger partial charge on any atom is -0.462 e. The third-order valence-electron chi connectivity index (χ3n) is 3.08. The number of rotatable bonds is 4. The molecule has 0 atom stereocenters. The maximum absolute atomic E-state index is 12.6. The predicted molar refractivity (Wildman–Crippen MR) is 77.8 cm³/mol. The summed E-state index contributed by atoms with van der Waals surface area (Å²) >= 11 is 0. The fraction of sp³-hybridized carbons (Fsp3) is 0.286. The fourth-order valence-electron chi connectivity index (χ4n) is 2.13. The Morgan fingerprint density at radius 2 is 1.14 bits per heavy atom. The molecule has 0 saturated carbocycles. The van der Waals surface area contributed by atoms with Crippen LogP contribution in [0.15, 0.2) is 59.1 Å². The first kappa shape index (κ1) is 16.4.